The van der Waals surface area contributed by atoms with Crippen LogP contribution in [-0.4, -0.2) is 29.8 Å². The third-order valence-electron chi connectivity index (χ3n) is 3.15. The summed E-state index contributed by atoms with van der Waals surface area (Å²) in [5.74, 6) is 0. The van der Waals surface area contributed by atoms with E-state index in [9.17, 15) is 0 Å². The maximum absolute atomic E-state index is 3.37. The lowest BCUT2D eigenvalue weighted by Gasteiger charge is -2.38. The van der Waals surface area contributed by atoms with Gasteiger partial charge in [0, 0.05) is 0 Å². The first-order valence-electron chi connectivity index (χ1n) is 4.02. The molecular formula is C9H22NS+. The standard InChI is InChI=1S/C9H22NS/c1-8(2,10-5)9(3,4)11(6)7/h10H,1-7H3/q+1. The van der Waals surface area contributed by atoms with E-state index in [2.05, 4.69) is 45.5 Å². The van der Waals surface area contributed by atoms with Gasteiger partial charge in [-0.2, -0.15) is 0 Å². The van der Waals surface area contributed by atoms with E-state index in [1.807, 2.05) is 7.05 Å². The van der Waals surface area contributed by atoms with Gasteiger partial charge in [0.1, 0.15) is 4.75 Å². The Hall–Kier alpha value is 0.310. The molecule has 11 heavy (non-hydrogen) atoms. The van der Waals surface area contributed by atoms with Crippen LogP contribution < -0.4 is 5.32 Å². The van der Waals surface area contributed by atoms with Crippen molar-refractivity contribution in [2.45, 2.75) is 38.0 Å². The van der Waals surface area contributed by atoms with Crippen LogP contribution >= 0.6 is 0 Å². The molecule has 0 aliphatic rings. The van der Waals surface area contributed by atoms with E-state index in [0.29, 0.717) is 15.6 Å². The molecule has 0 amide bonds. The highest BCUT2D eigenvalue weighted by molar-refractivity contribution is 7.96. The van der Waals surface area contributed by atoms with Gasteiger partial charge < -0.3 is 5.32 Å². The fourth-order valence-corrected chi connectivity index (χ4v) is 1.93. The van der Waals surface area contributed by atoms with Crippen LogP contribution in [0.5, 0.6) is 0 Å². The highest BCUT2D eigenvalue weighted by Gasteiger charge is 2.45. The third kappa shape index (κ3) is 2.12. The molecule has 1 nitrogen and oxygen atoms in total. The molecule has 0 aliphatic heterocycles. The molecule has 0 unspecified atom stereocenters. The number of rotatable bonds is 3. The second kappa shape index (κ2) is 3.36. The molecule has 0 saturated heterocycles. The fourth-order valence-electron chi connectivity index (χ4n) is 0.811. The van der Waals surface area contributed by atoms with Gasteiger partial charge in [-0.25, -0.2) is 0 Å². The molecule has 0 spiro atoms. The van der Waals surface area contributed by atoms with Crippen LogP contribution in [0.3, 0.4) is 0 Å². The van der Waals surface area contributed by atoms with E-state index in [1.54, 1.807) is 0 Å². The maximum Gasteiger partial charge on any atom is 0.139 e. The summed E-state index contributed by atoms with van der Waals surface area (Å²) >= 11 is 0. The van der Waals surface area contributed by atoms with Gasteiger partial charge in [-0.05, 0) is 45.6 Å². The monoisotopic (exact) mass is 176 g/mol. The molecule has 0 aliphatic carbocycles. The van der Waals surface area contributed by atoms with Crippen molar-refractivity contribution < 1.29 is 0 Å². The number of hydrogen-bond donors (Lipinski definition) is 1. The molecule has 0 fully saturated rings. The molecule has 0 aromatic carbocycles. The fraction of sp³-hybridized carbons (Fsp3) is 1.00. The first-order valence-corrected chi connectivity index (χ1v) is 6.06. The van der Waals surface area contributed by atoms with Gasteiger partial charge in [0.25, 0.3) is 0 Å². The SMILES string of the molecule is CNC(C)(C)C(C)(C)[S+](C)C. The Morgan fingerprint density at radius 1 is 1.00 bits per heavy atom. The van der Waals surface area contributed by atoms with Gasteiger partial charge in [0.05, 0.1) is 18.1 Å². The molecule has 1 N–H and O–H groups in total. The lowest BCUT2D eigenvalue weighted by molar-refractivity contribution is 0.340. The van der Waals surface area contributed by atoms with E-state index in [1.165, 1.54) is 0 Å². The third-order valence-corrected chi connectivity index (χ3v) is 5.70. The molecule has 0 bridgehead atoms. The van der Waals surface area contributed by atoms with Crippen LogP contribution in [0.25, 0.3) is 0 Å². The van der Waals surface area contributed by atoms with Crippen molar-refractivity contribution in [1.82, 2.24) is 5.32 Å². The number of nitrogens with one attached hydrogen (secondary N) is 1. The van der Waals surface area contributed by atoms with Crippen molar-refractivity contribution in [3.8, 4) is 0 Å². The van der Waals surface area contributed by atoms with Gasteiger partial charge in [-0.3, -0.25) is 0 Å². The van der Waals surface area contributed by atoms with Crippen LogP contribution in [0.15, 0.2) is 0 Å². The first kappa shape index (κ1) is 11.3. The Labute approximate surface area is 74.3 Å². The minimum atomic E-state index is 0.222. The first-order chi connectivity index (χ1) is 4.75. The molecule has 0 heterocycles. The minimum Gasteiger partial charge on any atom is -0.310 e. The second-order valence-corrected chi connectivity index (χ2v) is 6.86. The van der Waals surface area contributed by atoms with Crippen LogP contribution in [0.2, 0.25) is 0 Å². The normalized spacial score (nSPS) is 14.2. The maximum atomic E-state index is 3.37. The summed E-state index contributed by atoms with van der Waals surface area (Å²) in [6.07, 6.45) is 4.61. The molecular weight excluding hydrogens is 154 g/mol. The van der Waals surface area contributed by atoms with Crippen LogP contribution in [-0.2, 0) is 10.9 Å². The topological polar surface area (TPSA) is 12.0 Å². The summed E-state index contributed by atoms with van der Waals surface area (Å²) in [7, 11) is 2.48. The summed E-state index contributed by atoms with van der Waals surface area (Å²) < 4.78 is 0.363. The summed E-state index contributed by atoms with van der Waals surface area (Å²) in [6.45, 7) is 9.18. The van der Waals surface area contributed by atoms with E-state index >= 15 is 0 Å². The van der Waals surface area contributed by atoms with Gasteiger partial charge in [0.15, 0.2) is 0 Å². The van der Waals surface area contributed by atoms with Crippen LogP contribution in [0.4, 0.5) is 0 Å². The Bertz CT molecular complexity index is 128. The molecule has 0 saturated carbocycles. The summed E-state index contributed by atoms with van der Waals surface area (Å²) in [6, 6.07) is 0. The Morgan fingerprint density at radius 3 is 1.45 bits per heavy atom. The van der Waals surface area contributed by atoms with E-state index in [0.717, 1.165) is 0 Å². The predicted octanol–water partition coefficient (Wildman–Crippen LogP) is 1.64. The van der Waals surface area contributed by atoms with Gasteiger partial charge in [-0.15, -0.1) is 0 Å². The summed E-state index contributed by atoms with van der Waals surface area (Å²) in [5, 5.41) is 3.37. The molecule has 0 atom stereocenters. The van der Waals surface area contributed by atoms with Crippen LogP contribution in [0.1, 0.15) is 27.7 Å². The largest absolute Gasteiger partial charge is 0.310 e. The quantitative estimate of drug-likeness (QED) is 0.645. The summed E-state index contributed by atoms with van der Waals surface area (Å²) in [5.41, 5.74) is 0.222. The van der Waals surface area contributed by atoms with Crippen LogP contribution in [0, 0.1) is 0 Å². The lowest BCUT2D eigenvalue weighted by Crippen LogP contribution is -2.58. The Kier molecular flexibility index (Phi) is 3.45. The minimum absolute atomic E-state index is 0.222. The predicted molar refractivity (Wildman–Crippen MR) is 56.4 cm³/mol. The Balaban J connectivity index is 4.53. The highest BCUT2D eigenvalue weighted by Crippen LogP contribution is 2.28. The molecule has 0 radical (unpaired) electrons. The average molecular weight is 176 g/mol. The van der Waals surface area contributed by atoms with Gasteiger partial charge in [0.2, 0.25) is 0 Å². The Morgan fingerprint density at radius 2 is 1.36 bits per heavy atom. The van der Waals surface area contributed by atoms with E-state index in [4.69, 9.17) is 0 Å². The van der Waals surface area contributed by atoms with E-state index < -0.39 is 0 Å². The lowest BCUT2D eigenvalue weighted by atomic mass is 9.90. The zero-order chi connectivity index (χ0) is 9.28. The van der Waals surface area contributed by atoms with Crippen molar-refractivity contribution in [2.24, 2.45) is 0 Å². The zero-order valence-electron chi connectivity index (χ0n) is 8.91. The molecule has 2 heteroatoms. The van der Waals surface area contributed by atoms with Gasteiger partial charge >= 0.3 is 0 Å². The average Bonchev–Trinajstić information content (AvgIpc) is 1.87. The molecule has 68 valence electrons. The van der Waals surface area contributed by atoms with Crippen molar-refractivity contribution >= 4 is 10.9 Å². The molecule has 0 aromatic rings. The van der Waals surface area contributed by atoms with E-state index in [-0.39, 0.29) is 5.54 Å². The number of hydrogen-bond acceptors (Lipinski definition) is 1. The van der Waals surface area contributed by atoms with Crippen molar-refractivity contribution in [2.75, 3.05) is 19.6 Å². The molecule has 0 aromatic heterocycles. The van der Waals surface area contributed by atoms with Crippen molar-refractivity contribution in [1.29, 1.82) is 0 Å². The smallest absolute Gasteiger partial charge is 0.139 e. The highest BCUT2D eigenvalue weighted by atomic mass is 32.2. The summed E-state index contributed by atoms with van der Waals surface area (Å²) in [4.78, 5) is 0. The second-order valence-electron chi connectivity index (χ2n) is 4.20. The van der Waals surface area contributed by atoms with Gasteiger partial charge in [-0.1, -0.05) is 0 Å². The van der Waals surface area contributed by atoms with Crippen molar-refractivity contribution in [3.63, 3.8) is 0 Å². The van der Waals surface area contributed by atoms with Crippen molar-refractivity contribution in [3.05, 3.63) is 0 Å². The zero-order valence-corrected chi connectivity index (χ0v) is 9.72. The molecule has 0 rings (SSSR count).